The second-order valence-electron chi connectivity index (χ2n) is 4.90. The highest BCUT2D eigenvalue weighted by atomic mass is 16.5. The van der Waals surface area contributed by atoms with Gasteiger partial charge in [-0.15, -0.1) is 0 Å². The van der Waals surface area contributed by atoms with Crippen molar-refractivity contribution in [3.05, 3.63) is 35.4 Å². The lowest BCUT2D eigenvalue weighted by molar-refractivity contribution is -0.134. The Bertz CT molecular complexity index is 441. The topological polar surface area (TPSA) is 50.4 Å². The van der Waals surface area contributed by atoms with Crippen LogP contribution in [0, 0.1) is 0 Å². The molecule has 96 valence electrons. The van der Waals surface area contributed by atoms with Crippen LogP contribution in [0.25, 0.3) is 0 Å². The van der Waals surface area contributed by atoms with E-state index in [4.69, 9.17) is 4.74 Å². The first-order valence-corrected chi connectivity index (χ1v) is 6.55. The Morgan fingerprint density at radius 3 is 3.11 bits per heavy atom. The molecule has 1 saturated heterocycles. The molecular formula is C14H18N2O2. The summed E-state index contributed by atoms with van der Waals surface area (Å²) < 4.78 is 5.64. The highest BCUT2D eigenvalue weighted by molar-refractivity contribution is 5.83. The Balaban J connectivity index is 1.74. The number of hydrogen-bond donors (Lipinski definition) is 2. The fraction of sp³-hybridized carbons (Fsp3) is 0.500. The van der Waals surface area contributed by atoms with Crippen molar-refractivity contribution in [3.63, 3.8) is 0 Å². The lowest BCUT2D eigenvalue weighted by Gasteiger charge is -2.26. The molecule has 0 aliphatic carbocycles. The highest BCUT2D eigenvalue weighted by Crippen LogP contribution is 2.27. The first kappa shape index (κ1) is 11.7. The van der Waals surface area contributed by atoms with Gasteiger partial charge in [0, 0.05) is 12.6 Å². The number of ether oxygens (including phenoxy) is 1. The highest BCUT2D eigenvalue weighted by Gasteiger charge is 2.29. The molecule has 0 bridgehead atoms. The lowest BCUT2D eigenvalue weighted by Crippen LogP contribution is -2.41. The summed E-state index contributed by atoms with van der Waals surface area (Å²) in [4.78, 5) is 12.3. The molecule has 2 N–H and O–H groups in total. The molecule has 0 spiro atoms. The van der Waals surface area contributed by atoms with Crippen LogP contribution >= 0.6 is 0 Å². The van der Waals surface area contributed by atoms with Crippen molar-refractivity contribution in [1.82, 2.24) is 10.6 Å². The van der Waals surface area contributed by atoms with Gasteiger partial charge in [-0.3, -0.25) is 4.79 Å². The van der Waals surface area contributed by atoms with E-state index >= 15 is 0 Å². The zero-order chi connectivity index (χ0) is 12.4. The van der Waals surface area contributed by atoms with Crippen LogP contribution in [0.15, 0.2) is 24.3 Å². The third kappa shape index (κ3) is 2.26. The Kier molecular flexibility index (Phi) is 3.30. The summed E-state index contributed by atoms with van der Waals surface area (Å²) in [7, 11) is 0. The maximum absolute atomic E-state index is 12.3. The number of benzene rings is 1. The molecule has 0 saturated carbocycles. The van der Waals surface area contributed by atoms with Crippen molar-refractivity contribution < 1.29 is 9.53 Å². The van der Waals surface area contributed by atoms with Gasteiger partial charge in [-0.25, -0.2) is 0 Å². The van der Waals surface area contributed by atoms with Crippen LogP contribution in [0.4, 0.5) is 0 Å². The van der Waals surface area contributed by atoms with E-state index in [2.05, 4.69) is 16.7 Å². The average molecular weight is 246 g/mol. The van der Waals surface area contributed by atoms with Crippen molar-refractivity contribution in [2.45, 2.75) is 25.0 Å². The summed E-state index contributed by atoms with van der Waals surface area (Å²) in [5.41, 5.74) is 2.25. The third-order valence-corrected chi connectivity index (χ3v) is 3.64. The molecule has 1 unspecified atom stereocenters. The minimum Gasteiger partial charge on any atom is -0.363 e. The largest absolute Gasteiger partial charge is 0.363 e. The predicted molar refractivity (Wildman–Crippen MR) is 68.3 cm³/mol. The molecular weight excluding hydrogens is 228 g/mol. The summed E-state index contributed by atoms with van der Waals surface area (Å²) in [6.07, 6.45) is 1.46. The molecule has 2 heterocycles. The normalized spacial score (nSPS) is 26.7. The maximum Gasteiger partial charge on any atom is 0.254 e. The SMILES string of the molecule is O=C(N[C@H]1CCNC1)C1OCCc2ccccc21. The number of carbonyl (C=O) groups excluding carboxylic acids is 1. The summed E-state index contributed by atoms with van der Waals surface area (Å²) in [6.45, 7) is 2.46. The van der Waals surface area contributed by atoms with Gasteiger partial charge in [0.05, 0.1) is 6.61 Å². The van der Waals surface area contributed by atoms with Crippen LogP contribution in [0.3, 0.4) is 0 Å². The zero-order valence-electron chi connectivity index (χ0n) is 10.3. The number of rotatable bonds is 2. The van der Waals surface area contributed by atoms with Gasteiger partial charge >= 0.3 is 0 Å². The van der Waals surface area contributed by atoms with Crippen molar-refractivity contribution in [3.8, 4) is 0 Å². The lowest BCUT2D eigenvalue weighted by atomic mass is 9.97. The Hall–Kier alpha value is -1.39. The smallest absolute Gasteiger partial charge is 0.254 e. The maximum atomic E-state index is 12.3. The van der Waals surface area contributed by atoms with E-state index in [-0.39, 0.29) is 11.9 Å². The standard InChI is InChI=1S/C14H18N2O2/c17-14(16-11-5-7-15-9-11)13-12-4-2-1-3-10(12)6-8-18-13/h1-4,11,13,15H,5-9H2,(H,16,17)/t11-,13?/m0/s1. The van der Waals surface area contributed by atoms with E-state index in [0.29, 0.717) is 6.61 Å². The van der Waals surface area contributed by atoms with Gasteiger partial charge in [0.15, 0.2) is 6.10 Å². The van der Waals surface area contributed by atoms with Crippen LogP contribution in [0.2, 0.25) is 0 Å². The number of nitrogens with one attached hydrogen (secondary N) is 2. The van der Waals surface area contributed by atoms with Crippen LogP contribution < -0.4 is 10.6 Å². The van der Waals surface area contributed by atoms with Crippen molar-refractivity contribution in [2.24, 2.45) is 0 Å². The fourth-order valence-electron chi connectivity index (χ4n) is 2.67. The van der Waals surface area contributed by atoms with E-state index < -0.39 is 6.10 Å². The van der Waals surface area contributed by atoms with E-state index in [1.54, 1.807) is 0 Å². The van der Waals surface area contributed by atoms with Crippen molar-refractivity contribution in [2.75, 3.05) is 19.7 Å². The first-order chi connectivity index (χ1) is 8.84. The van der Waals surface area contributed by atoms with Crippen molar-refractivity contribution >= 4 is 5.91 Å². The van der Waals surface area contributed by atoms with Crippen LogP contribution in [0.1, 0.15) is 23.7 Å². The second-order valence-corrected chi connectivity index (χ2v) is 4.90. The summed E-state index contributed by atoms with van der Waals surface area (Å²) in [6, 6.07) is 8.29. The second kappa shape index (κ2) is 5.08. The minimum atomic E-state index is -0.435. The molecule has 1 amide bonds. The number of amides is 1. The molecule has 2 aliphatic heterocycles. The molecule has 3 rings (SSSR count). The molecule has 0 radical (unpaired) electrons. The number of hydrogen-bond acceptors (Lipinski definition) is 3. The van der Waals surface area contributed by atoms with Gasteiger partial charge in [0.25, 0.3) is 5.91 Å². The summed E-state index contributed by atoms with van der Waals surface area (Å²) in [5.74, 6) is -0.00384. The zero-order valence-corrected chi connectivity index (χ0v) is 10.3. The van der Waals surface area contributed by atoms with E-state index in [1.807, 2.05) is 18.2 Å². The molecule has 4 nitrogen and oxygen atoms in total. The van der Waals surface area contributed by atoms with Gasteiger partial charge < -0.3 is 15.4 Å². The Morgan fingerprint density at radius 1 is 1.39 bits per heavy atom. The average Bonchev–Trinajstić information content (AvgIpc) is 2.91. The molecule has 1 aromatic carbocycles. The molecule has 4 heteroatoms. The molecule has 0 aromatic heterocycles. The quantitative estimate of drug-likeness (QED) is 0.810. The van der Waals surface area contributed by atoms with Gasteiger partial charge in [-0.1, -0.05) is 24.3 Å². The van der Waals surface area contributed by atoms with E-state index in [9.17, 15) is 4.79 Å². The monoisotopic (exact) mass is 246 g/mol. The minimum absolute atomic E-state index is 0.00384. The molecule has 2 aliphatic rings. The van der Waals surface area contributed by atoms with Gasteiger partial charge in [-0.2, -0.15) is 0 Å². The van der Waals surface area contributed by atoms with E-state index in [1.165, 1.54) is 5.56 Å². The molecule has 1 fully saturated rings. The van der Waals surface area contributed by atoms with E-state index in [0.717, 1.165) is 31.5 Å². The summed E-state index contributed by atoms with van der Waals surface area (Å²) in [5, 5.41) is 6.31. The van der Waals surface area contributed by atoms with Crippen LogP contribution in [0.5, 0.6) is 0 Å². The van der Waals surface area contributed by atoms with Crippen LogP contribution in [-0.2, 0) is 16.0 Å². The Morgan fingerprint density at radius 2 is 2.28 bits per heavy atom. The Labute approximate surface area is 107 Å². The van der Waals surface area contributed by atoms with Gasteiger partial charge in [0.1, 0.15) is 0 Å². The predicted octanol–water partition coefficient (Wildman–Crippen LogP) is 0.778. The molecule has 2 atom stereocenters. The third-order valence-electron chi connectivity index (χ3n) is 3.64. The van der Waals surface area contributed by atoms with Crippen LogP contribution in [-0.4, -0.2) is 31.6 Å². The fourth-order valence-corrected chi connectivity index (χ4v) is 2.67. The van der Waals surface area contributed by atoms with Gasteiger partial charge in [-0.05, 0) is 30.5 Å². The number of carbonyl (C=O) groups is 1. The van der Waals surface area contributed by atoms with Crippen molar-refractivity contribution in [1.29, 1.82) is 0 Å². The molecule has 18 heavy (non-hydrogen) atoms. The van der Waals surface area contributed by atoms with Gasteiger partial charge in [0.2, 0.25) is 0 Å². The number of fused-ring (bicyclic) bond motifs is 1. The first-order valence-electron chi connectivity index (χ1n) is 6.55. The molecule has 1 aromatic rings. The summed E-state index contributed by atoms with van der Waals surface area (Å²) >= 11 is 0.